The van der Waals surface area contributed by atoms with Gasteiger partial charge in [0.05, 0.1) is 19.4 Å². The second-order valence-electron chi connectivity index (χ2n) is 7.96. The molecule has 0 bridgehead atoms. The lowest BCUT2D eigenvalue weighted by molar-refractivity contribution is -0.143. The third-order valence-electron chi connectivity index (χ3n) is 6.89. The van der Waals surface area contributed by atoms with Gasteiger partial charge in [-0.2, -0.15) is 0 Å². The Hall–Kier alpha value is -2.40. The topological polar surface area (TPSA) is 58.6 Å². The van der Waals surface area contributed by atoms with Crippen LogP contribution >= 0.6 is 0 Å². The molecule has 1 N–H and O–H groups in total. The fraction of sp³-hybridized carbons (Fsp3) is 0.455. The van der Waals surface area contributed by atoms with Crippen molar-refractivity contribution in [3.8, 4) is 0 Å². The lowest BCUT2D eigenvalue weighted by Gasteiger charge is -2.44. The van der Waals surface area contributed by atoms with E-state index < -0.39 is 5.41 Å². The summed E-state index contributed by atoms with van der Waals surface area (Å²) >= 11 is 0. The summed E-state index contributed by atoms with van der Waals surface area (Å²) in [4.78, 5) is 27.8. The van der Waals surface area contributed by atoms with E-state index in [0.717, 1.165) is 25.2 Å². The Morgan fingerprint density at radius 2 is 2.19 bits per heavy atom. The number of likely N-dealkylation sites (tertiary alicyclic amines) is 1. The highest BCUT2D eigenvalue weighted by molar-refractivity contribution is 5.98. The van der Waals surface area contributed by atoms with Gasteiger partial charge in [0.15, 0.2) is 0 Å². The molecule has 1 aliphatic carbocycles. The van der Waals surface area contributed by atoms with Crippen LogP contribution in [0.15, 0.2) is 49.6 Å². The third-order valence-corrected chi connectivity index (χ3v) is 6.89. The monoisotopic (exact) mass is 366 g/mol. The van der Waals surface area contributed by atoms with Crippen molar-refractivity contribution in [3.63, 3.8) is 0 Å². The molecule has 0 radical (unpaired) electrons. The normalized spacial score (nSPS) is 34.2. The Morgan fingerprint density at radius 3 is 2.89 bits per heavy atom. The predicted molar refractivity (Wildman–Crippen MR) is 104 cm³/mol. The molecule has 2 heterocycles. The Bertz CT molecular complexity index is 820. The SMILES string of the molecule is C=CCN1CC[C@]23c4ccccc4NC(=O)[C@H]2C[C@@](C=C)(CC(=O)OC)[C@H]13. The molecule has 5 nitrogen and oxygen atoms in total. The molecule has 2 aliphatic heterocycles. The predicted octanol–water partition coefficient (Wildman–Crippen LogP) is 2.89. The van der Waals surface area contributed by atoms with Gasteiger partial charge in [0.1, 0.15) is 0 Å². The van der Waals surface area contributed by atoms with Crippen molar-refractivity contribution in [2.75, 3.05) is 25.5 Å². The molecule has 4 rings (SSSR count). The van der Waals surface area contributed by atoms with Gasteiger partial charge >= 0.3 is 5.97 Å². The van der Waals surface area contributed by atoms with Gasteiger partial charge in [-0.15, -0.1) is 13.2 Å². The van der Waals surface area contributed by atoms with Crippen LogP contribution in [0.4, 0.5) is 5.69 Å². The van der Waals surface area contributed by atoms with E-state index in [1.165, 1.54) is 12.7 Å². The van der Waals surface area contributed by atoms with E-state index >= 15 is 0 Å². The maximum Gasteiger partial charge on any atom is 0.306 e. The molecule has 1 amide bonds. The number of methoxy groups -OCH3 is 1. The fourth-order valence-electron chi connectivity index (χ4n) is 5.99. The highest BCUT2D eigenvalue weighted by Crippen LogP contribution is 2.65. The zero-order valence-electron chi connectivity index (χ0n) is 15.7. The zero-order chi connectivity index (χ0) is 19.2. The number of anilines is 1. The Balaban J connectivity index is 1.92. The molecule has 2 fully saturated rings. The average molecular weight is 366 g/mol. The van der Waals surface area contributed by atoms with E-state index in [4.69, 9.17) is 4.74 Å². The molecule has 27 heavy (non-hydrogen) atoms. The minimum Gasteiger partial charge on any atom is -0.469 e. The number of fused-ring (bicyclic) bond motifs is 1. The highest BCUT2D eigenvalue weighted by atomic mass is 16.5. The number of rotatable bonds is 5. The van der Waals surface area contributed by atoms with Crippen molar-refractivity contribution in [2.24, 2.45) is 11.3 Å². The van der Waals surface area contributed by atoms with Crippen molar-refractivity contribution in [1.82, 2.24) is 4.90 Å². The lowest BCUT2D eigenvalue weighted by atomic mass is 9.65. The number of carbonyl (C=O) groups excluding carboxylic acids is 2. The van der Waals surface area contributed by atoms with Crippen LogP contribution in [0.25, 0.3) is 0 Å². The molecular formula is C22H26N2O3. The van der Waals surface area contributed by atoms with Crippen LogP contribution in [0.3, 0.4) is 0 Å². The van der Waals surface area contributed by atoms with E-state index in [0.29, 0.717) is 6.42 Å². The number of nitrogens with zero attached hydrogens (tertiary/aromatic N) is 1. The largest absolute Gasteiger partial charge is 0.469 e. The van der Waals surface area contributed by atoms with Gasteiger partial charge in [0.25, 0.3) is 0 Å². The maximum absolute atomic E-state index is 13.1. The molecule has 3 aliphatic rings. The molecule has 5 heteroatoms. The molecule has 1 saturated carbocycles. The van der Waals surface area contributed by atoms with Crippen LogP contribution in [0.2, 0.25) is 0 Å². The highest BCUT2D eigenvalue weighted by Gasteiger charge is 2.69. The summed E-state index contributed by atoms with van der Waals surface area (Å²) < 4.78 is 5.00. The number of para-hydroxylation sites is 1. The van der Waals surface area contributed by atoms with Gasteiger partial charge in [-0.1, -0.05) is 30.4 Å². The quantitative estimate of drug-likeness (QED) is 0.643. The molecule has 1 saturated heterocycles. The van der Waals surface area contributed by atoms with E-state index in [1.807, 2.05) is 30.4 Å². The summed E-state index contributed by atoms with van der Waals surface area (Å²) in [5.74, 6) is -0.398. The maximum atomic E-state index is 13.1. The first-order valence-electron chi connectivity index (χ1n) is 9.48. The Morgan fingerprint density at radius 1 is 1.41 bits per heavy atom. The second-order valence-corrected chi connectivity index (χ2v) is 7.96. The van der Waals surface area contributed by atoms with Crippen molar-refractivity contribution in [2.45, 2.75) is 30.7 Å². The van der Waals surface area contributed by atoms with E-state index in [9.17, 15) is 9.59 Å². The number of nitrogens with one attached hydrogen (secondary N) is 1. The van der Waals surface area contributed by atoms with Crippen LogP contribution < -0.4 is 5.32 Å². The van der Waals surface area contributed by atoms with Gasteiger partial charge in [0.2, 0.25) is 5.91 Å². The van der Waals surface area contributed by atoms with Crippen molar-refractivity contribution < 1.29 is 14.3 Å². The summed E-state index contributed by atoms with van der Waals surface area (Å²) in [5.41, 5.74) is 1.25. The number of benzene rings is 1. The average Bonchev–Trinajstić information content (AvgIpc) is 3.18. The van der Waals surface area contributed by atoms with Crippen LogP contribution in [-0.2, 0) is 19.7 Å². The summed E-state index contributed by atoms with van der Waals surface area (Å²) in [5, 5.41) is 3.09. The van der Waals surface area contributed by atoms with Gasteiger partial charge in [-0.25, -0.2) is 0 Å². The van der Waals surface area contributed by atoms with Crippen LogP contribution in [0, 0.1) is 11.3 Å². The van der Waals surface area contributed by atoms with E-state index in [1.54, 1.807) is 0 Å². The Kier molecular flexibility index (Phi) is 4.22. The first-order chi connectivity index (χ1) is 13.0. The zero-order valence-corrected chi connectivity index (χ0v) is 15.7. The second kappa shape index (κ2) is 6.34. The fourth-order valence-corrected chi connectivity index (χ4v) is 5.99. The van der Waals surface area contributed by atoms with Crippen molar-refractivity contribution >= 4 is 17.6 Å². The molecule has 1 spiro atoms. The summed E-state index contributed by atoms with van der Waals surface area (Å²) in [7, 11) is 1.41. The minimum atomic E-state index is -0.508. The number of hydrogen-bond acceptors (Lipinski definition) is 4. The Labute approximate surface area is 160 Å². The van der Waals surface area contributed by atoms with Crippen LogP contribution in [0.1, 0.15) is 24.8 Å². The number of amides is 1. The van der Waals surface area contributed by atoms with E-state index in [-0.39, 0.29) is 35.7 Å². The summed E-state index contributed by atoms with van der Waals surface area (Å²) in [6, 6.07) is 8.09. The molecule has 0 aromatic heterocycles. The van der Waals surface area contributed by atoms with Crippen molar-refractivity contribution in [3.05, 3.63) is 55.1 Å². The van der Waals surface area contributed by atoms with Gasteiger partial charge < -0.3 is 10.1 Å². The number of carbonyl (C=O) groups is 2. The van der Waals surface area contributed by atoms with Crippen LogP contribution in [-0.4, -0.2) is 43.0 Å². The lowest BCUT2D eigenvalue weighted by Crippen LogP contribution is -2.52. The molecule has 1 aromatic carbocycles. The smallest absolute Gasteiger partial charge is 0.306 e. The molecular weight excluding hydrogens is 340 g/mol. The molecule has 142 valence electrons. The van der Waals surface area contributed by atoms with E-state index in [2.05, 4.69) is 29.4 Å². The van der Waals surface area contributed by atoms with Crippen molar-refractivity contribution in [1.29, 1.82) is 0 Å². The standard InChI is InChI=1S/C22H26N2O3/c1-4-11-24-12-10-22-15-8-6-7-9-17(15)23-19(26)16(22)13-21(5-2,20(22)24)14-18(25)27-3/h4-9,16,20H,1-2,10-14H2,3H3,(H,23,26)/t16-,20+,21+,22+/m1/s1. The third kappa shape index (κ3) is 2.34. The molecule has 4 atom stereocenters. The summed E-state index contributed by atoms with van der Waals surface area (Å²) in [6.45, 7) is 9.60. The molecule has 1 aromatic rings. The number of hydrogen-bond donors (Lipinski definition) is 1. The minimum absolute atomic E-state index is 0.0109. The first-order valence-corrected chi connectivity index (χ1v) is 9.48. The number of ether oxygens (including phenoxy) is 1. The first kappa shape index (κ1) is 18.0. The van der Waals surface area contributed by atoms with Gasteiger partial charge in [0, 0.05) is 29.1 Å². The molecule has 0 unspecified atom stereocenters. The number of esters is 1. The summed E-state index contributed by atoms with van der Waals surface area (Å²) in [6.07, 6.45) is 5.51. The van der Waals surface area contributed by atoms with Gasteiger partial charge in [-0.3, -0.25) is 14.5 Å². The van der Waals surface area contributed by atoms with Crippen LogP contribution in [0.5, 0.6) is 0 Å². The van der Waals surface area contributed by atoms with Gasteiger partial charge in [-0.05, 0) is 31.0 Å².